The molecule has 1 aliphatic carbocycles. The summed E-state index contributed by atoms with van der Waals surface area (Å²) in [5.74, 6) is 0.546. The van der Waals surface area contributed by atoms with Gasteiger partial charge in [0, 0.05) is 0 Å². The topological polar surface area (TPSA) is 46.5 Å². The van der Waals surface area contributed by atoms with Crippen LogP contribution in [-0.4, -0.2) is 11.1 Å². The third-order valence-electron chi connectivity index (χ3n) is 3.66. The van der Waals surface area contributed by atoms with E-state index in [0.29, 0.717) is 5.75 Å². The summed E-state index contributed by atoms with van der Waals surface area (Å²) < 4.78 is 5.79. The van der Waals surface area contributed by atoms with Crippen molar-refractivity contribution in [2.75, 3.05) is 0 Å². The van der Waals surface area contributed by atoms with Crippen LogP contribution in [0.4, 0.5) is 0 Å². The lowest BCUT2D eigenvalue weighted by molar-refractivity contribution is 0.0697. The molecule has 102 valence electrons. The molecule has 0 atom stereocenters. The highest BCUT2D eigenvalue weighted by atomic mass is 16.5. The van der Waals surface area contributed by atoms with Gasteiger partial charge in [-0.05, 0) is 73.2 Å². The van der Waals surface area contributed by atoms with Crippen molar-refractivity contribution in [3.63, 3.8) is 0 Å². The predicted molar refractivity (Wildman–Crippen MR) is 76.6 cm³/mol. The number of carbonyl (C=O) groups is 1. The first-order valence-electron chi connectivity index (χ1n) is 6.85. The molecule has 20 heavy (non-hydrogen) atoms. The number of benzene rings is 2. The van der Waals surface area contributed by atoms with E-state index >= 15 is 0 Å². The first-order valence-corrected chi connectivity index (χ1v) is 6.85. The molecule has 2 aromatic rings. The van der Waals surface area contributed by atoms with Gasteiger partial charge < -0.3 is 9.84 Å². The number of carboxylic acids is 1. The molecule has 3 rings (SSSR count). The second kappa shape index (κ2) is 5.37. The molecule has 3 nitrogen and oxygen atoms in total. The Morgan fingerprint density at radius 3 is 2.25 bits per heavy atom. The zero-order chi connectivity index (χ0) is 13.9. The summed E-state index contributed by atoms with van der Waals surface area (Å²) in [7, 11) is 0. The van der Waals surface area contributed by atoms with Gasteiger partial charge in [-0.15, -0.1) is 0 Å². The fourth-order valence-corrected chi connectivity index (χ4v) is 2.57. The monoisotopic (exact) mass is 268 g/mol. The first-order chi connectivity index (χ1) is 9.72. The minimum Gasteiger partial charge on any atom is -0.478 e. The van der Waals surface area contributed by atoms with E-state index in [-0.39, 0.29) is 5.56 Å². The van der Waals surface area contributed by atoms with E-state index in [1.54, 1.807) is 24.3 Å². The highest BCUT2D eigenvalue weighted by molar-refractivity contribution is 5.87. The Morgan fingerprint density at radius 2 is 1.55 bits per heavy atom. The van der Waals surface area contributed by atoms with Crippen LogP contribution in [0.1, 0.15) is 34.3 Å². The number of aromatic carboxylic acids is 1. The lowest BCUT2D eigenvalue weighted by Crippen LogP contribution is -2.02. The second-order valence-corrected chi connectivity index (χ2v) is 5.07. The number of carboxylic acid groups (broad SMARTS) is 1. The molecule has 2 aromatic carbocycles. The Balaban J connectivity index is 1.78. The van der Waals surface area contributed by atoms with Crippen LogP contribution in [0.2, 0.25) is 0 Å². The zero-order valence-electron chi connectivity index (χ0n) is 11.1. The molecular formula is C17H16O3. The Hall–Kier alpha value is -2.29. The third kappa shape index (κ3) is 2.67. The Bertz CT molecular complexity index is 629. The molecule has 0 saturated heterocycles. The molecule has 0 heterocycles. The average molecular weight is 268 g/mol. The molecule has 0 aliphatic heterocycles. The summed E-state index contributed by atoms with van der Waals surface area (Å²) in [4.78, 5) is 10.8. The van der Waals surface area contributed by atoms with Gasteiger partial charge in [0.1, 0.15) is 11.5 Å². The Labute approximate surface area is 117 Å². The van der Waals surface area contributed by atoms with Gasteiger partial charge in [0.05, 0.1) is 5.56 Å². The van der Waals surface area contributed by atoms with E-state index in [9.17, 15) is 4.79 Å². The van der Waals surface area contributed by atoms with Gasteiger partial charge in [0.25, 0.3) is 0 Å². The maximum absolute atomic E-state index is 10.8. The van der Waals surface area contributed by atoms with E-state index in [4.69, 9.17) is 9.84 Å². The van der Waals surface area contributed by atoms with Gasteiger partial charge >= 0.3 is 5.97 Å². The largest absolute Gasteiger partial charge is 0.478 e. The van der Waals surface area contributed by atoms with Crippen LogP contribution in [0.5, 0.6) is 11.5 Å². The number of hydrogen-bond acceptors (Lipinski definition) is 2. The molecule has 0 aromatic heterocycles. The first kappa shape index (κ1) is 12.7. The van der Waals surface area contributed by atoms with Gasteiger partial charge in [-0.25, -0.2) is 4.79 Å². The molecular weight excluding hydrogens is 252 g/mol. The molecule has 0 saturated carbocycles. The lowest BCUT2D eigenvalue weighted by atomic mass is 9.92. The van der Waals surface area contributed by atoms with E-state index in [1.807, 2.05) is 6.07 Å². The molecule has 0 fully saturated rings. The Morgan fingerprint density at radius 1 is 0.900 bits per heavy atom. The zero-order valence-corrected chi connectivity index (χ0v) is 11.1. The summed E-state index contributed by atoms with van der Waals surface area (Å²) in [6, 6.07) is 12.7. The normalized spacial score (nSPS) is 13.6. The van der Waals surface area contributed by atoms with Crippen LogP contribution in [0, 0.1) is 0 Å². The fraction of sp³-hybridized carbons (Fsp3) is 0.235. The van der Waals surface area contributed by atoms with Crippen LogP contribution in [0.15, 0.2) is 42.5 Å². The molecule has 1 aliphatic rings. The van der Waals surface area contributed by atoms with Gasteiger partial charge in [0.15, 0.2) is 0 Å². The van der Waals surface area contributed by atoms with Crippen LogP contribution in [-0.2, 0) is 12.8 Å². The van der Waals surface area contributed by atoms with Gasteiger partial charge in [-0.3, -0.25) is 0 Å². The standard InChI is InChI=1S/C17H16O3/c18-17(19)13-6-8-15(9-7-13)20-16-10-5-12-3-1-2-4-14(12)11-16/h5-11H,1-4H2,(H,18,19). The third-order valence-corrected chi connectivity index (χ3v) is 3.66. The average Bonchev–Trinajstić information content (AvgIpc) is 2.48. The second-order valence-electron chi connectivity index (χ2n) is 5.07. The van der Waals surface area contributed by atoms with Crippen LogP contribution >= 0.6 is 0 Å². The van der Waals surface area contributed by atoms with E-state index in [1.165, 1.54) is 24.0 Å². The Kier molecular flexibility index (Phi) is 3.42. The highest BCUT2D eigenvalue weighted by Gasteiger charge is 2.10. The predicted octanol–water partition coefficient (Wildman–Crippen LogP) is 4.06. The van der Waals surface area contributed by atoms with Crippen molar-refractivity contribution in [2.45, 2.75) is 25.7 Å². The number of hydrogen-bond donors (Lipinski definition) is 1. The molecule has 0 unspecified atom stereocenters. The number of aryl methyl sites for hydroxylation is 2. The van der Waals surface area contributed by atoms with Gasteiger partial charge in [0.2, 0.25) is 0 Å². The number of fused-ring (bicyclic) bond motifs is 1. The maximum Gasteiger partial charge on any atom is 0.335 e. The molecule has 3 heteroatoms. The summed E-state index contributed by atoms with van der Waals surface area (Å²) in [5.41, 5.74) is 3.06. The summed E-state index contributed by atoms with van der Waals surface area (Å²) >= 11 is 0. The van der Waals surface area contributed by atoms with Crippen molar-refractivity contribution in [3.05, 3.63) is 59.2 Å². The van der Waals surface area contributed by atoms with E-state index in [2.05, 4.69) is 12.1 Å². The minimum absolute atomic E-state index is 0.266. The van der Waals surface area contributed by atoms with Crippen LogP contribution in [0.3, 0.4) is 0 Å². The van der Waals surface area contributed by atoms with Crippen molar-refractivity contribution in [1.82, 2.24) is 0 Å². The number of ether oxygens (including phenoxy) is 1. The van der Waals surface area contributed by atoms with Crippen molar-refractivity contribution >= 4 is 5.97 Å². The van der Waals surface area contributed by atoms with E-state index in [0.717, 1.165) is 18.6 Å². The van der Waals surface area contributed by atoms with E-state index < -0.39 is 5.97 Å². The molecule has 0 bridgehead atoms. The number of rotatable bonds is 3. The minimum atomic E-state index is -0.926. The maximum atomic E-state index is 10.8. The molecule has 0 spiro atoms. The molecule has 1 N–H and O–H groups in total. The lowest BCUT2D eigenvalue weighted by Gasteiger charge is -2.16. The SMILES string of the molecule is O=C(O)c1ccc(Oc2ccc3c(c2)CCCC3)cc1. The van der Waals surface area contributed by atoms with Gasteiger partial charge in [-0.2, -0.15) is 0 Å². The van der Waals surface area contributed by atoms with Crippen molar-refractivity contribution in [3.8, 4) is 11.5 Å². The summed E-state index contributed by atoms with van der Waals surface area (Å²) in [5, 5.41) is 8.86. The molecule has 0 amide bonds. The summed E-state index contributed by atoms with van der Waals surface area (Å²) in [6.07, 6.45) is 4.78. The molecule has 0 radical (unpaired) electrons. The fourth-order valence-electron chi connectivity index (χ4n) is 2.57. The van der Waals surface area contributed by atoms with Crippen molar-refractivity contribution in [1.29, 1.82) is 0 Å². The quantitative estimate of drug-likeness (QED) is 0.913. The van der Waals surface area contributed by atoms with Crippen molar-refractivity contribution in [2.24, 2.45) is 0 Å². The summed E-state index contributed by atoms with van der Waals surface area (Å²) in [6.45, 7) is 0. The van der Waals surface area contributed by atoms with Crippen molar-refractivity contribution < 1.29 is 14.6 Å². The van der Waals surface area contributed by atoms with Crippen LogP contribution < -0.4 is 4.74 Å². The van der Waals surface area contributed by atoms with Gasteiger partial charge in [-0.1, -0.05) is 6.07 Å². The van der Waals surface area contributed by atoms with Crippen LogP contribution in [0.25, 0.3) is 0 Å². The highest BCUT2D eigenvalue weighted by Crippen LogP contribution is 2.28. The smallest absolute Gasteiger partial charge is 0.335 e.